The van der Waals surface area contributed by atoms with Crippen LogP contribution in [0.2, 0.25) is 5.02 Å². The van der Waals surface area contributed by atoms with Crippen LogP contribution in [0.25, 0.3) is 0 Å². The van der Waals surface area contributed by atoms with E-state index in [1.807, 2.05) is 0 Å². The molecule has 1 N–H and O–H groups in total. The number of rotatable bonds is 5. The summed E-state index contributed by atoms with van der Waals surface area (Å²) in [6, 6.07) is 9.93. The molecule has 0 aromatic heterocycles. The molecule has 2 aliphatic heterocycles. The molecule has 9 heteroatoms. The van der Waals surface area contributed by atoms with Gasteiger partial charge in [0.25, 0.3) is 5.91 Å². The molecule has 2 aromatic carbocycles. The van der Waals surface area contributed by atoms with E-state index >= 15 is 0 Å². The van der Waals surface area contributed by atoms with Crippen LogP contribution in [0.4, 0.5) is 11.4 Å². The number of fused-ring (bicyclic) bond motifs is 1. The standard InChI is InChI=1S/C22H21ClN2O6/c23-15-11-14(12-18-21(15)30-10-4-9-29-18)22(28)31-13-19(26)24-16-5-1-2-6-17(16)25-8-3-7-20(25)27/h1-2,5-6,11-12H,3-4,7-10,13H2,(H,24,26). The molecule has 0 saturated carbocycles. The summed E-state index contributed by atoms with van der Waals surface area (Å²) >= 11 is 6.20. The van der Waals surface area contributed by atoms with Crippen molar-refractivity contribution in [1.82, 2.24) is 0 Å². The molecule has 2 aliphatic rings. The number of carbonyl (C=O) groups excluding carboxylic acids is 3. The predicted octanol–water partition coefficient (Wildman–Crippen LogP) is 3.42. The molecule has 162 valence electrons. The Labute approximate surface area is 184 Å². The zero-order valence-electron chi connectivity index (χ0n) is 16.7. The predicted molar refractivity (Wildman–Crippen MR) is 114 cm³/mol. The fraction of sp³-hybridized carbons (Fsp3) is 0.318. The van der Waals surface area contributed by atoms with Crippen molar-refractivity contribution < 1.29 is 28.6 Å². The Morgan fingerprint density at radius 2 is 1.94 bits per heavy atom. The average molecular weight is 445 g/mol. The van der Waals surface area contributed by atoms with Gasteiger partial charge in [-0.05, 0) is 30.7 Å². The Hall–Kier alpha value is -3.26. The number of hydrogen-bond acceptors (Lipinski definition) is 6. The minimum Gasteiger partial charge on any atom is -0.489 e. The Morgan fingerprint density at radius 1 is 1.13 bits per heavy atom. The van der Waals surface area contributed by atoms with Crippen molar-refractivity contribution in [2.45, 2.75) is 19.3 Å². The number of ether oxygens (including phenoxy) is 3. The van der Waals surface area contributed by atoms with Gasteiger partial charge < -0.3 is 24.4 Å². The Morgan fingerprint density at radius 3 is 2.74 bits per heavy atom. The van der Waals surface area contributed by atoms with E-state index in [2.05, 4.69) is 5.32 Å². The largest absolute Gasteiger partial charge is 0.489 e. The lowest BCUT2D eigenvalue weighted by molar-refractivity contribution is -0.119. The zero-order valence-corrected chi connectivity index (χ0v) is 17.4. The van der Waals surface area contributed by atoms with Crippen molar-refractivity contribution in [1.29, 1.82) is 0 Å². The third kappa shape index (κ3) is 4.74. The van der Waals surface area contributed by atoms with Crippen LogP contribution in [0.5, 0.6) is 11.5 Å². The van der Waals surface area contributed by atoms with Gasteiger partial charge in [0, 0.05) is 19.4 Å². The number of benzene rings is 2. The van der Waals surface area contributed by atoms with Crippen LogP contribution in [-0.2, 0) is 14.3 Å². The van der Waals surface area contributed by atoms with Crippen LogP contribution < -0.4 is 19.7 Å². The third-order valence-electron chi connectivity index (χ3n) is 4.91. The first-order valence-corrected chi connectivity index (χ1v) is 10.4. The van der Waals surface area contributed by atoms with E-state index < -0.39 is 18.5 Å². The number of amides is 2. The molecule has 8 nitrogen and oxygen atoms in total. The molecule has 4 rings (SSSR count). The van der Waals surface area contributed by atoms with E-state index in [1.165, 1.54) is 12.1 Å². The Kier molecular flexibility index (Phi) is 6.27. The molecule has 0 atom stereocenters. The fourth-order valence-electron chi connectivity index (χ4n) is 3.47. The van der Waals surface area contributed by atoms with Crippen LogP contribution in [0, 0.1) is 0 Å². The summed E-state index contributed by atoms with van der Waals surface area (Å²) in [6.45, 7) is 1.03. The summed E-state index contributed by atoms with van der Waals surface area (Å²) in [5.74, 6) is -0.463. The van der Waals surface area contributed by atoms with Crippen LogP contribution in [-0.4, -0.2) is 44.1 Å². The van der Waals surface area contributed by atoms with Gasteiger partial charge in [0.15, 0.2) is 18.1 Å². The molecule has 2 amide bonds. The number of nitrogens with one attached hydrogen (secondary N) is 1. The second-order valence-electron chi connectivity index (χ2n) is 7.13. The molecule has 0 bridgehead atoms. The first-order chi connectivity index (χ1) is 15.0. The molecule has 31 heavy (non-hydrogen) atoms. The SMILES string of the molecule is O=C(COC(=O)c1cc(Cl)c2c(c1)OCCCO2)Nc1ccccc1N1CCCC1=O. The van der Waals surface area contributed by atoms with Crippen LogP contribution >= 0.6 is 11.6 Å². The number of para-hydroxylation sites is 2. The molecule has 0 unspecified atom stereocenters. The highest BCUT2D eigenvalue weighted by Gasteiger charge is 2.24. The van der Waals surface area contributed by atoms with Gasteiger partial charge >= 0.3 is 5.97 Å². The lowest BCUT2D eigenvalue weighted by Gasteiger charge is -2.20. The summed E-state index contributed by atoms with van der Waals surface area (Å²) in [5, 5.41) is 2.94. The van der Waals surface area contributed by atoms with Gasteiger partial charge in [0.2, 0.25) is 5.91 Å². The molecule has 1 saturated heterocycles. The highest BCUT2D eigenvalue weighted by atomic mass is 35.5. The van der Waals surface area contributed by atoms with Crippen molar-refractivity contribution in [2.24, 2.45) is 0 Å². The summed E-state index contributed by atoms with van der Waals surface area (Å²) in [5.41, 5.74) is 1.27. The smallest absolute Gasteiger partial charge is 0.338 e. The minimum absolute atomic E-state index is 0.0133. The summed E-state index contributed by atoms with van der Waals surface area (Å²) in [7, 11) is 0. The van der Waals surface area contributed by atoms with Crippen LogP contribution in [0.1, 0.15) is 29.6 Å². The van der Waals surface area contributed by atoms with Gasteiger partial charge in [-0.3, -0.25) is 9.59 Å². The van der Waals surface area contributed by atoms with E-state index in [1.54, 1.807) is 29.2 Å². The molecular weight excluding hydrogens is 424 g/mol. The second-order valence-corrected chi connectivity index (χ2v) is 7.53. The van der Waals surface area contributed by atoms with Crippen molar-refractivity contribution in [2.75, 3.05) is 36.6 Å². The van der Waals surface area contributed by atoms with Gasteiger partial charge in [-0.2, -0.15) is 0 Å². The van der Waals surface area contributed by atoms with Crippen molar-refractivity contribution in [3.63, 3.8) is 0 Å². The quantitative estimate of drug-likeness (QED) is 0.710. The maximum Gasteiger partial charge on any atom is 0.338 e. The Balaban J connectivity index is 1.40. The highest BCUT2D eigenvalue weighted by Crippen LogP contribution is 2.38. The van der Waals surface area contributed by atoms with E-state index in [4.69, 9.17) is 25.8 Å². The molecular formula is C22H21ClN2O6. The van der Waals surface area contributed by atoms with E-state index in [0.29, 0.717) is 55.5 Å². The number of hydrogen-bond donors (Lipinski definition) is 1. The number of halogens is 1. The number of anilines is 2. The van der Waals surface area contributed by atoms with E-state index in [0.717, 1.165) is 6.42 Å². The first-order valence-electron chi connectivity index (χ1n) is 9.98. The fourth-order valence-corrected chi connectivity index (χ4v) is 3.73. The molecule has 1 fully saturated rings. The van der Waals surface area contributed by atoms with Crippen LogP contribution in [0.15, 0.2) is 36.4 Å². The lowest BCUT2D eigenvalue weighted by Crippen LogP contribution is -2.27. The third-order valence-corrected chi connectivity index (χ3v) is 5.20. The van der Waals surface area contributed by atoms with Crippen LogP contribution in [0.3, 0.4) is 0 Å². The maximum absolute atomic E-state index is 12.4. The highest BCUT2D eigenvalue weighted by molar-refractivity contribution is 6.32. The minimum atomic E-state index is -0.712. The van der Waals surface area contributed by atoms with Gasteiger partial charge in [-0.15, -0.1) is 0 Å². The molecule has 0 aliphatic carbocycles. The maximum atomic E-state index is 12.4. The van der Waals surface area contributed by atoms with E-state index in [-0.39, 0.29) is 16.5 Å². The van der Waals surface area contributed by atoms with Gasteiger partial charge in [0.05, 0.1) is 35.2 Å². The number of esters is 1. The van der Waals surface area contributed by atoms with E-state index in [9.17, 15) is 14.4 Å². The number of nitrogens with zero attached hydrogens (tertiary/aromatic N) is 1. The van der Waals surface area contributed by atoms with Gasteiger partial charge in [-0.25, -0.2) is 4.79 Å². The molecule has 0 spiro atoms. The zero-order chi connectivity index (χ0) is 21.8. The molecule has 0 radical (unpaired) electrons. The normalized spacial score (nSPS) is 15.4. The summed E-state index contributed by atoms with van der Waals surface area (Å²) in [4.78, 5) is 38.5. The number of carbonyl (C=O) groups is 3. The van der Waals surface area contributed by atoms with Gasteiger partial charge in [0.1, 0.15) is 0 Å². The van der Waals surface area contributed by atoms with Crippen molar-refractivity contribution in [3.05, 3.63) is 47.0 Å². The lowest BCUT2D eigenvalue weighted by atomic mass is 10.2. The molecule has 2 aromatic rings. The average Bonchev–Trinajstić information content (AvgIpc) is 3.04. The summed E-state index contributed by atoms with van der Waals surface area (Å²) < 4.78 is 16.2. The Bertz CT molecular complexity index is 1030. The topological polar surface area (TPSA) is 94.2 Å². The monoisotopic (exact) mass is 444 g/mol. The molecule has 2 heterocycles. The summed E-state index contributed by atoms with van der Waals surface area (Å²) in [6.07, 6.45) is 1.96. The van der Waals surface area contributed by atoms with Crippen molar-refractivity contribution in [3.8, 4) is 11.5 Å². The van der Waals surface area contributed by atoms with Crippen molar-refractivity contribution >= 4 is 40.8 Å². The second kappa shape index (κ2) is 9.26. The first kappa shape index (κ1) is 21.0. The van der Waals surface area contributed by atoms with Gasteiger partial charge in [-0.1, -0.05) is 23.7 Å².